The Balaban J connectivity index is 1.15. The first-order chi connectivity index (χ1) is 14.9. The number of aromatic nitrogens is 4. The van der Waals surface area contributed by atoms with E-state index in [0.29, 0.717) is 26.4 Å². The highest BCUT2D eigenvalue weighted by Gasteiger charge is 2.02. The van der Waals surface area contributed by atoms with Gasteiger partial charge in [0.05, 0.1) is 49.2 Å². The Morgan fingerprint density at radius 1 is 0.500 bits per heavy atom. The maximum atomic E-state index is 5.68. The molecule has 0 saturated heterocycles. The molecule has 0 saturated carbocycles. The van der Waals surface area contributed by atoms with E-state index in [4.69, 9.17) is 9.47 Å². The second-order valence-corrected chi connectivity index (χ2v) is 6.64. The van der Waals surface area contributed by atoms with Crippen molar-refractivity contribution in [2.75, 3.05) is 13.2 Å². The highest BCUT2D eigenvalue weighted by atomic mass is 16.5. The molecule has 4 aromatic heterocycles. The Kier molecular flexibility index (Phi) is 6.83. The molecule has 0 N–H and O–H groups in total. The van der Waals surface area contributed by atoms with Crippen LogP contribution in [0.15, 0.2) is 85.5 Å². The zero-order valence-corrected chi connectivity index (χ0v) is 16.5. The van der Waals surface area contributed by atoms with Crippen LogP contribution in [0, 0.1) is 0 Å². The molecule has 6 heteroatoms. The van der Waals surface area contributed by atoms with Crippen molar-refractivity contribution in [1.82, 2.24) is 19.9 Å². The number of hydrogen-bond donors (Lipinski definition) is 0. The van der Waals surface area contributed by atoms with E-state index in [-0.39, 0.29) is 0 Å². The quantitative estimate of drug-likeness (QED) is 0.391. The average molecular weight is 398 g/mol. The lowest BCUT2D eigenvalue weighted by Gasteiger charge is -2.07. The fourth-order valence-electron chi connectivity index (χ4n) is 2.85. The zero-order chi connectivity index (χ0) is 20.4. The molecule has 0 aliphatic carbocycles. The molecule has 4 aromatic rings. The van der Waals surface area contributed by atoms with Crippen LogP contribution in [-0.2, 0) is 22.7 Å². The van der Waals surface area contributed by atoms with Gasteiger partial charge in [0.2, 0.25) is 0 Å². The van der Waals surface area contributed by atoms with Crippen LogP contribution >= 0.6 is 0 Å². The first kappa shape index (κ1) is 19.8. The third kappa shape index (κ3) is 5.53. The molecular formula is C24H22N4O2. The number of rotatable bonds is 9. The van der Waals surface area contributed by atoms with Gasteiger partial charge in [0.1, 0.15) is 0 Å². The molecule has 0 spiro atoms. The van der Waals surface area contributed by atoms with E-state index < -0.39 is 0 Å². The Hall–Kier alpha value is -3.48. The molecule has 0 amide bonds. The molecule has 6 nitrogen and oxygen atoms in total. The standard InChI is InChI=1S/C24H22N4O2/c1-3-11-25-21(5-1)23-9-7-19(15-27-23)17-29-13-14-30-18-20-8-10-24(28-16-20)22-6-2-4-12-26-22/h1-12,15-16H,13-14,17-18H2. The van der Waals surface area contributed by atoms with E-state index in [1.165, 1.54) is 0 Å². The summed E-state index contributed by atoms with van der Waals surface area (Å²) in [6.45, 7) is 2.03. The molecule has 0 aliphatic heterocycles. The van der Waals surface area contributed by atoms with Gasteiger partial charge in [-0.25, -0.2) is 0 Å². The largest absolute Gasteiger partial charge is 0.374 e. The minimum Gasteiger partial charge on any atom is -0.374 e. The van der Waals surface area contributed by atoms with Crippen LogP contribution < -0.4 is 0 Å². The lowest BCUT2D eigenvalue weighted by molar-refractivity contribution is 0.0337. The second kappa shape index (κ2) is 10.3. The third-order valence-electron chi connectivity index (χ3n) is 4.41. The van der Waals surface area contributed by atoms with Gasteiger partial charge < -0.3 is 9.47 Å². The first-order valence-electron chi connectivity index (χ1n) is 9.77. The first-order valence-corrected chi connectivity index (χ1v) is 9.77. The minimum atomic E-state index is 0.499. The van der Waals surface area contributed by atoms with Gasteiger partial charge in [0, 0.05) is 24.8 Å². The van der Waals surface area contributed by atoms with E-state index in [0.717, 1.165) is 33.9 Å². The Bertz CT molecular complexity index is 937. The van der Waals surface area contributed by atoms with Crippen molar-refractivity contribution in [3.05, 3.63) is 96.6 Å². The van der Waals surface area contributed by atoms with E-state index in [9.17, 15) is 0 Å². The zero-order valence-electron chi connectivity index (χ0n) is 16.5. The fourth-order valence-corrected chi connectivity index (χ4v) is 2.85. The van der Waals surface area contributed by atoms with Gasteiger partial charge >= 0.3 is 0 Å². The number of ether oxygens (including phenoxy) is 2. The van der Waals surface area contributed by atoms with Gasteiger partial charge in [-0.1, -0.05) is 24.3 Å². The molecule has 0 bridgehead atoms. The van der Waals surface area contributed by atoms with Crippen LogP contribution in [0.2, 0.25) is 0 Å². The Labute approximate surface area is 175 Å². The van der Waals surface area contributed by atoms with E-state index in [1.54, 1.807) is 12.4 Å². The fraction of sp³-hybridized carbons (Fsp3) is 0.167. The van der Waals surface area contributed by atoms with E-state index >= 15 is 0 Å². The van der Waals surface area contributed by atoms with Crippen LogP contribution in [0.1, 0.15) is 11.1 Å². The van der Waals surface area contributed by atoms with E-state index in [1.807, 2.05) is 73.1 Å². The van der Waals surface area contributed by atoms with Gasteiger partial charge in [0.15, 0.2) is 0 Å². The second-order valence-electron chi connectivity index (χ2n) is 6.64. The van der Waals surface area contributed by atoms with E-state index in [2.05, 4.69) is 19.9 Å². The van der Waals surface area contributed by atoms with Crippen molar-refractivity contribution < 1.29 is 9.47 Å². The maximum Gasteiger partial charge on any atom is 0.0886 e. The van der Waals surface area contributed by atoms with Crippen LogP contribution in [0.5, 0.6) is 0 Å². The summed E-state index contributed by atoms with van der Waals surface area (Å²) in [6.07, 6.45) is 7.16. The van der Waals surface area contributed by atoms with Gasteiger partial charge in [-0.3, -0.25) is 19.9 Å². The highest BCUT2D eigenvalue weighted by molar-refractivity contribution is 5.54. The molecule has 150 valence electrons. The summed E-state index contributed by atoms with van der Waals surface area (Å²) in [5.41, 5.74) is 5.46. The number of hydrogen-bond acceptors (Lipinski definition) is 6. The molecule has 0 fully saturated rings. The molecule has 0 aliphatic rings. The van der Waals surface area contributed by atoms with Gasteiger partial charge in [-0.2, -0.15) is 0 Å². The molecule has 0 atom stereocenters. The Morgan fingerprint density at radius 3 is 1.33 bits per heavy atom. The summed E-state index contributed by atoms with van der Waals surface area (Å²) in [5, 5.41) is 0. The monoisotopic (exact) mass is 398 g/mol. The molecule has 0 unspecified atom stereocenters. The summed E-state index contributed by atoms with van der Waals surface area (Å²) in [7, 11) is 0. The van der Waals surface area contributed by atoms with Crippen LogP contribution in [0.4, 0.5) is 0 Å². The smallest absolute Gasteiger partial charge is 0.0886 e. The Morgan fingerprint density at radius 2 is 0.967 bits per heavy atom. The summed E-state index contributed by atoms with van der Waals surface area (Å²) in [5.74, 6) is 0. The topological polar surface area (TPSA) is 70.0 Å². The lowest BCUT2D eigenvalue weighted by atomic mass is 10.2. The highest BCUT2D eigenvalue weighted by Crippen LogP contribution is 2.15. The van der Waals surface area contributed by atoms with Crippen molar-refractivity contribution >= 4 is 0 Å². The molecular weight excluding hydrogens is 376 g/mol. The summed E-state index contributed by atoms with van der Waals surface area (Å²) >= 11 is 0. The van der Waals surface area contributed by atoms with Crippen LogP contribution in [0.25, 0.3) is 22.8 Å². The maximum absolute atomic E-state index is 5.68. The minimum absolute atomic E-state index is 0.499. The van der Waals surface area contributed by atoms with Crippen molar-refractivity contribution in [3.8, 4) is 22.8 Å². The molecule has 30 heavy (non-hydrogen) atoms. The predicted octanol–water partition coefficient (Wildman–Crippen LogP) is 4.33. The SMILES string of the molecule is c1ccc(-c2ccc(COCCOCc3ccc(-c4ccccn4)nc3)cn2)nc1. The third-order valence-corrected chi connectivity index (χ3v) is 4.41. The van der Waals surface area contributed by atoms with Crippen LogP contribution in [-0.4, -0.2) is 33.1 Å². The normalized spacial score (nSPS) is 10.8. The van der Waals surface area contributed by atoms with Gasteiger partial charge in [-0.05, 0) is 47.5 Å². The predicted molar refractivity (Wildman–Crippen MR) is 114 cm³/mol. The number of nitrogens with zero attached hydrogens (tertiary/aromatic N) is 4. The van der Waals surface area contributed by atoms with Crippen molar-refractivity contribution in [1.29, 1.82) is 0 Å². The summed E-state index contributed by atoms with van der Waals surface area (Å²) in [6, 6.07) is 19.5. The number of pyridine rings is 4. The van der Waals surface area contributed by atoms with Crippen molar-refractivity contribution in [3.63, 3.8) is 0 Å². The molecule has 0 radical (unpaired) electrons. The van der Waals surface area contributed by atoms with Crippen molar-refractivity contribution in [2.24, 2.45) is 0 Å². The van der Waals surface area contributed by atoms with Gasteiger partial charge in [0.25, 0.3) is 0 Å². The van der Waals surface area contributed by atoms with Gasteiger partial charge in [-0.15, -0.1) is 0 Å². The van der Waals surface area contributed by atoms with Crippen LogP contribution in [0.3, 0.4) is 0 Å². The van der Waals surface area contributed by atoms with Crippen molar-refractivity contribution in [2.45, 2.75) is 13.2 Å². The average Bonchev–Trinajstić information content (AvgIpc) is 2.83. The molecule has 4 rings (SSSR count). The summed E-state index contributed by atoms with van der Waals surface area (Å²) in [4.78, 5) is 17.5. The molecule has 0 aromatic carbocycles. The lowest BCUT2D eigenvalue weighted by Crippen LogP contribution is -2.05. The summed E-state index contributed by atoms with van der Waals surface area (Å²) < 4.78 is 11.4. The molecule has 4 heterocycles.